The van der Waals surface area contributed by atoms with Gasteiger partial charge in [-0.25, -0.2) is 0 Å². The molecular weight excluding hydrogens is 124 g/mol. The van der Waals surface area contributed by atoms with Crippen LogP contribution in [-0.2, 0) is 4.79 Å². The molecule has 8 heavy (non-hydrogen) atoms. The number of halogens is 1. The number of carbonyl (C=O) groups excluding carboxylic acids is 1. The van der Waals surface area contributed by atoms with Crippen LogP contribution in [0.1, 0.15) is 6.92 Å². The fraction of sp³-hybridized carbons (Fsp3) is 0.167. The number of allylic oxidation sites excluding steroid dienone is 2. The van der Waals surface area contributed by atoms with Gasteiger partial charge >= 0.3 is 0 Å². The van der Waals surface area contributed by atoms with Crippen molar-refractivity contribution in [1.82, 2.24) is 0 Å². The number of hydrogen-bond donors (Lipinski definition) is 0. The standard InChI is InChI=1S/C4H5ClO.C2H4/c1-2-3-4(5)6;1-2/h2-3H,1H3;1-2H2. The van der Waals surface area contributed by atoms with Crippen LogP contribution < -0.4 is 0 Å². The highest BCUT2D eigenvalue weighted by Gasteiger charge is 1.77. The highest BCUT2D eigenvalue weighted by Crippen LogP contribution is 1.78. The Morgan fingerprint density at radius 3 is 2.00 bits per heavy atom. The molecule has 0 fully saturated rings. The molecule has 0 bridgehead atoms. The zero-order chi connectivity index (χ0) is 6.99. The molecule has 0 aromatic rings. The van der Waals surface area contributed by atoms with Gasteiger partial charge in [0, 0.05) is 0 Å². The van der Waals surface area contributed by atoms with Crippen LogP contribution in [0.3, 0.4) is 0 Å². The molecule has 0 aliphatic rings. The monoisotopic (exact) mass is 132 g/mol. The summed E-state index contributed by atoms with van der Waals surface area (Å²) in [5.41, 5.74) is 0. The van der Waals surface area contributed by atoms with Crippen molar-refractivity contribution < 1.29 is 4.79 Å². The molecule has 0 rings (SSSR count). The van der Waals surface area contributed by atoms with E-state index in [9.17, 15) is 4.79 Å². The van der Waals surface area contributed by atoms with E-state index in [-0.39, 0.29) is 0 Å². The number of hydrogen-bond acceptors (Lipinski definition) is 1. The predicted octanol–water partition coefficient (Wildman–Crippen LogP) is 2.13. The van der Waals surface area contributed by atoms with E-state index in [4.69, 9.17) is 11.6 Å². The summed E-state index contributed by atoms with van der Waals surface area (Å²) < 4.78 is 0. The maximum absolute atomic E-state index is 9.72. The average molecular weight is 133 g/mol. The van der Waals surface area contributed by atoms with E-state index in [1.165, 1.54) is 6.08 Å². The van der Waals surface area contributed by atoms with Crippen LogP contribution in [0, 0.1) is 0 Å². The Morgan fingerprint density at radius 2 is 2.00 bits per heavy atom. The lowest BCUT2D eigenvalue weighted by atomic mass is 10.6. The molecule has 0 unspecified atom stereocenters. The van der Waals surface area contributed by atoms with Gasteiger partial charge in [0.15, 0.2) is 0 Å². The van der Waals surface area contributed by atoms with Crippen molar-refractivity contribution in [2.24, 2.45) is 0 Å². The van der Waals surface area contributed by atoms with Gasteiger partial charge in [-0.05, 0) is 24.6 Å². The first kappa shape index (κ1) is 10.4. The van der Waals surface area contributed by atoms with Crippen LogP contribution in [0.2, 0.25) is 0 Å². The topological polar surface area (TPSA) is 17.1 Å². The minimum absolute atomic E-state index is 0.419. The van der Waals surface area contributed by atoms with Crippen LogP contribution in [0.25, 0.3) is 0 Å². The number of rotatable bonds is 1. The largest absolute Gasteiger partial charge is 0.276 e. The molecule has 0 atom stereocenters. The van der Waals surface area contributed by atoms with Gasteiger partial charge in [0.25, 0.3) is 0 Å². The maximum Gasteiger partial charge on any atom is 0.244 e. The fourth-order valence-electron chi connectivity index (χ4n) is 0.131. The van der Waals surface area contributed by atoms with Crippen LogP contribution in [0.5, 0.6) is 0 Å². The Kier molecular flexibility index (Phi) is 12.6. The molecule has 1 nitrogen and oxygen atoms in total. The van der Waals surface area contributed by atoms with E-state index in [2.05, 4.69) is 13.2 Å². The smallest absolute Gasteiger partial charge is 0.244 e. The van der Waals surface area contributed by atoms with Crippen LogP contribution in [0.15, 0.2) is 25.3 Å². The summed E-state index contributed by atoms with van der Waals surface area (Å²) in [7, 11) is 0. The van der Waals surface area contributed by atoms with E-state index in [0.717, 1.165) is 0 Å². The third-order valence-electron chi connectivity index (χ3n) is 0.298. The van der Waals surface area contributed by atoms with Crippen molar-refractivity contribution in [2.45, 2.75) is 6.92 Å². The van der Waals surface area contributed by atoms with E-state index < -0.39 is 5.24 Å². The normalized spacial score (nSPS) is 7.75. The van der Waals surface area contributed by atoms with Crippen molar-refractivity contribution >= 4 is 16.8 Å². The molecule has 0 aromatic carbocycles. The lowest BCUT2D eigenvalue weighted by Crippen LogP contribution is -1.70. The first-order valence-electron chi connectivity index (χ1n) is 2.09. The SMILES string of the molecule is C=C.CC=CC(=O)Cl. The minimum atomic E-state index is -0.419. The Labute approximate surface area is 54.7 Å². The third-order valence-corrected chi connectivity index (χ3v) is 0.424. The van der Waals surface area contributed by atoms with E-state index >= 15 is 0 Å². The average Bonchev–Trinajstić information content (AvgIpc) is 1.72. The van der Waals surface area contributed by atoms with Crippen LogP contribution >= 0.6 is 11.6 Å². The molecule has 0 spiro atoms. The van der Waals surface area contributed by atoms with Gasteiger partial charge in [0.1, 0.15) is 0 Å². The molecule has 0 saturated heterocycles. The zero-order valence-electron chi connectivity index (χ0n) is 4.86. The van der Waals surface area contributed by atoms with E-state index in [0.29, 0.717) is 0 Å². The lowest BCUT2D eigenvalue weighted by Gasteiger charge is -1.65. The van der Waals surface area contributed by atoms with E-state index in [1.54, 1.807) is 13.0 Å². The molecule has 0 heterocycles. The third kappa shape index (κ3) is 18.0. The quantitative estimate of drug-likeness (QED) is 0.304. The number of carbonyl (C=O) groups is 1. The van der Waals surface area contributed by atoms with Gasteiger partial charge in [-0.2, -0.15) is 0 Å². The van der Waals surface area contributed by atoms with Crippen molar-refractivity contribution in [3.8, 4) is 0 Å². The Hall–Kier alpha value is -0.560. The second-order valence-corrected chi connectivity index (χ2v) is 1.18. The van der Waals surface area contributed by atoms with Crippen molar-refractivity contribution in [1.29, 1.82) is 0 Å². The summed E-state index contributed by atoms with van der Waals surface area (Å²) in [4.78, 5) is 9.72. The fourth-order valence-corrected chi connectivity index (χ4v) is 0.257. The zero-order valence-corrected chi connectivity index (χ0v) is 5.61. The van der Waals surface area contributed by atoms with Gasteiger partial charge < -0.3 is 0 Å². The van der Waals surface area contributed by atoms with Crippen molar-refractivity contribution in [2.75, 3.05) is 0 Å². The summed E-state index contributed by atoms with van der Waals surface area (Å²) in [6.45, 7) is 7.74. The highest BCUT2D eigenvalue weighted by atomic mass is 35.5. The summed E-state index contributed by atoms with van der Waals surface area (Å²) in [6, 6.07) is 0. The van der Waals surface area contributed by atoms with Gasteiger partial charge in [0.05, 0.1) is 0 Å². The van der Waals surface area contributed by atoms with Crippen molar-refractivity contribution in [3.63, 3.8) is 0 Å². The van der Waals surface area contributed by atoms with Gasteiger partial charge in [-0.15, -0.1) is 13.2 Å². The molecule has 46 valence electrons. The summed E-state index contributed by atoms with van der Waals surface area (Å²) in [5.74, 6) is 0. The predicted molar refractivity (Wildman–Crippen MR) is 36.9 cm³/mol. The molecule has 0 aliphatic heterocycles. The summed E-state index contributed by atoms with van der Waals surface area (Å²) >= 11 is 4.85. The Balaban J connectivity index is 0. The van der Waals surface area contributed by atoms with Crippen LogP contribution in [0.4, 0.5) is 0 Å². The van der Waals surface area contributed by atoms with Gasteiger partial charge in [-0.3, -0.25) is 4.79 Å². The molecule has 2 heteroatoms. The Morgan fingerprint density at radius 1 is 1.62 bits per heavy atom. The molecule has 0 amide bonds. The second-order valence-electron chi connectivity index (χ2n) is 0.804. The Bertz CT molecular complexity index is 86.5. The van der Waals surface area contributed by atoms with Crippen LogP contribution in [-0.4, -0.2) is 5.24 Å². The molecule has 0 N–H and O–H groups in total. The molecule has 0 aromatic heterocycles. The molecule has 0 radical (unpaired) electrons. The van der Waals surface area contributed by atoms with Gasteiger partial charge in [-0.1, -0.05) is 6.08 Å². The lowest BCUT2D eigenvalue weighted by molar-refractivity contribution is -0.107. The first-order valence-corrected chi connectivity index (χ1v) is 2.47. The molecular formula is C6H9ClO. The molecule has 0 aliphatic carbocycles. The maximum atomic E-state index is 9.72. The summed E-state index contributed by atoms with van der Waals surface area (Å²) in [6.07, 6.45) is 2.89. The molecule has 0 saturated carbocycles. The summed E-state index contributed by atoms with van der Waals surface area (Å²) in [5, 5.41) is -0.419. The minimum Gasteiger partial charge on any atom is -0.276 e. The second kappa shape index (κ2) is 9.67. The first-order chi connectivity index (χ1) is 3.77. The van der Waals surface area contributed by atoms with Gasteiger partial charge in [0.2, 0.25) is 5.24 Å². The highest BCUT2D eigenvalue weighted by molar-refractivity contribution is 6.66. The van der Waals surface area contributed by atoms with E-state index in [1.807, 2.05) is 0 Å². The van der Waals surface area contributed by atoms with Crippen molar-refractivity contribution in [3.05, 3.63) is 25.3 Å².